The summed E-state index contributed by atoms with van der Waals surface area (Å²) in [7, 11) is 0. The van der Waals surface area contributed by atoms with Crippen LogP contribution in [0.5, 0.6) is 0 Å². The van der Waals surface area contributed by atoms with Crippen molar-refractivity contribution in [1.82, 2.24) is 25.9 Å². The van der Waals surface area contributed by atoms with Crippen LogP contribution in [-0.4, -0.2) is 62.9 Å². The number of rotatable bonds is 14. The molecule has 0 aliphatic carbocycles. The highest BCUT2D eigenvalue weighted by molar-refractivity contribution is 5.94. The van der Waals surface area contributed by atoms with Crippen molar-refractivity contribution >= 4 is 23.7 Å². The SMILES string of the molecule is CCC(C)C(NC(=O)C(NC(=O)C(NC(=O)C(N)Cc1cnc[nH]1)C(C)CC)C(C)C)C(=O)O. The molecular weight excluding hydrogens is 440 g/mol. The summed E-state index contributed by atoms with van der Waals surface area (Å²) in [6, 6.07) is -3.85. The number of aliphatic carboxylic acids is 1. The fourth-order valence-corrected chi connectivity index (χ4v) is 3.39. The van der Waals surface area contributed by atoms with Crippen molar-refractivity contribution in [1.29, 1.82) is 0 Å². The van der Waals surface area contributed by atoms with Crippen molar-refractivity contribution < 1.29 is 24.3 Å². The Morgan fingerprint density at radius 3 is 1.88 bits per heavy atom. The van der Waals surface area contributed by atoms with E-state index >= 15 is 0 Å². The predicted molar refractivity (Wildman–Crippen MR) is 127 cm³/mol. The molecule has 0 aliphatic rings. The maximum atomic E-state index is 13.2. The minimum atomic E-state index is -1.13. The summed E-state index contributed by atoms with van der Waals surface area (Å²) in [4.78, 5) is 57.2. The van der Waals surface area contributed by atoms with E-state index in [1.165, 1.54) is 6.33 Å². The van der Waals surface area contributed by atoms with Gasteiger partial charge in [-0.25, -0.2) is 9.78 Å². The molecule has 0 spiro atoms. The first-order valence-corrected chi connectivity index (χ1v) is 11.8. The average molecular weight is 481 g/mol. The van der Waals surface area contributed by atoms with Crippen molar-refractivity contribution in [2.24, 2.45) is 23.5 Å². The number of carboxylic acid groups (broad SMARTS) is 1. The number of carbonyl (C=O) groups excluding carboxylic acids is 3. The van der Waals surface area contributed by atoms with Crippen molar-refractivity contribution in [3.05, 3.63) is 18.2 Å². The van der Waals surface area contributed by atoms with Crippen LogP contribution in [0.25, 0.3) is 0 Å². The number of hydrogen-bond acceptors (Lipinski definition) is 6. The number of carboxylic acids is 1. The lowest BCUT2D eigenvalue weighted by atomic mass is 9.95. The number of aromatic nitrogens is 2. The number of H-pyrrole nitrogens is 1. The molecule has 0 radical (unpaired) electrons. The molecule has 11 nitrogen and oxygen atoms in total. The van der Waals surface area contributed by atoms with Gasteiger partial charge < -0.3 is 31.8 Å². The molecule has 0 aromatic carbocycles. The van der Waals surface area contributed by atoms with Gasteiger partial charge in [0, 0.05) is 18.3 Å². The highest BCUT2D eigenvalue weighted by atomic mass is 16.4. The summed E-state index contributed by atoms with van der Waals surface area (Å²) in [5.74, 6) is -3.57. The Hall–Kier alpha value is -2.95. The average Bonchev–Trinajstić information content (AvgIpc) is 3.30. The first kappa shape index (κ1) is 29.1. The Labute approximate surface area is 201 Å². The van der Waals surface area contributed by atoms with Gasteiger partial charge in [0.05, 0.1) is 12.4 Å². The van der Waals surface area contributed by atoms with Gasteiger partial charge in [0.2, 0.25) is 17.7 Å². The van der Waals surface area contributed by atoms with Crippen LogP contribution < -0.4 is 21.7 Å². The normalized spacial score (nSPS) is 16.6. The first-order chi connectivity index (χ1) is 15.9. The smallest absolute Gasteiger partial charge is 0.326 e. The van der Waals surface area contributed by atoms with Gasteiger partial charge in [0.15, 0.2) is 0 Å². The maximum Gasteiger partial charge on any atom is 0.326 e. The molecule has 0 saturated carbocycles. The third kappa shape index (κ3) is 8.44. The van der Waals surface area contributed by atoms with Crippen molar-refractivity contribution in [2.75, 3.05) is 0 Å². The molecule has 0 aliphatic heterocycles. The number of amides is 3. The minimum absolute atomic E-state index is 0.226. The lowest BCUT2D eigenvalue weighted by molar-refractivity contribution is -0.144. The number of hydrogen-bond donors (Lipinski definition) is 6. The molecule has 3 amide bonds. The molecule has 7 N–H and O–H groups in total. The molecule has 11 heteroatoms. The van der Waals surface area contributed by atoms with E-state index in [0.717, 1.165) is 0 Å². The Kier molecular flexibility index (Phi) is 11.7. The summed E-state index contributed by atoms with van der Waals surface area (Å²) < 4.78 is 0. The Morgan fingerprint density at radius 1 is 0.912 bits per heavy atom. The van der Waals surface area contributed by atoms with E-state index in [-0.39, 0.29) is 24.2 Å². The molecular formula is C23H40N6O5. The Morgan fingerprint density at radius 2 is 1.41 bits per heavy atom. The van der Waals surface area contributed by atoms with Crippen molar-refractivity contribution in [2.45, 2.75) is 85.0 Å². The first-order valence-electron chi connectivity index (χ1n) is 11.8. The van der Waals surface area contributed by atoms with Gasteiger partial charge in [-0.05, 0) is 17.8 Å². The van der Waals surface area contributed by atoms with Crippen LogP contribution in [-0.2, 0) is 25.6 Å². The van der Waals surface area contributed by atoms with Crippen LogP contribution in [0.15, 0.2) is 12.5 Å². The van der Waals surface area contributed by atoms with E-state index in [2.05, 4.69) is 25.9 Å². The fourth-order valence-electron chi connectivity index (χ4n) is 3.39. The van der Waals surface area contributed by atoms with E-state index in [1.54, 1.807) is 27.0 Å². The van der Waals surface area contributed by atoms with E-state index in [1.807, 2.05) is 20.8 Å². The molecule has 1 rings (SSSR count). The van der Waals surface area contributed by atoms with E-state index in [9.17, 15) is 24.3 Å². The molecule has 0 fully saturated rings. The molecule has 192 valence electrons. The second-order valence-electron chi connectivity index (χ2n) is 9.20. The van der Waals surface area contributed by atoms with Gasteiger partial charge >= 0.3 is 5.97 Å². The molecule has 0 bridgehead atoms. The largest absolute Gasteiger partial charge is 0.480 e. The third-order valence-electron chi connectivity index (χ3n) is 6.15. The molecule has 6 atom stereocenters. The Bertz CT molecular complexity index is 813. The molecule has 34 heavy (non-hydrogen) atoms. The number of aromatic amines is 1. The molecule has 6 unspecified atom stereocenters. The molecule has 1 aromatic heterocycles. The Balaban J connectivity index is 2.95. The van der Waals surface area contributed by atoms with Crippen LogP contribution in [0, 0.1) is 17.8 Å². The summed E-state index contributed by atoms with van der Waals surface area (Å²) >= 11 is 0. The topological polar surface area (TPSA) is 179 Å². The highest BCUT2D eigenvalue weighted by Gasteiger charge is 2.34. The van der Waals surface area contributed by atoms with Gasteiger partial charge in [-0.15, -0.1) is 0 Å². The summed E-state index contributed by atoms with van der Waals surface area (Å²) in [6.45, 7) is 10.8. The minimum Gasteiger partial charge on any atom is -0.480 e. The van der Waals surface area contributed by atoms with Gasteiger partial charge in [-0.3, -0.25) is 14.4 Å². The quantitative estimate of drug-likeness (QED) is 0.225. The summed E-state index contributed by atoms with van der Waals surface area (Å²) in [6.07, 6.45) is 4.45. The van der Waals surface area contributed by atoms with Crippen LogP contribution in [0.1, 0.15) is 60.1 Å². The zero-order valence-electron chi connectivity index (χ0n) is 20.9. The highest BCUT2D eigenvalue weighted by Crippen LogP contribution is 2.13. The monoisotopic (exact) mass is 480 g/mol. The van der Waals surface area contributed by atoms with Gasteiger partial charge in [0.1, 0.15) is 18.1 Å². The van der Waals surface area contributed by atoms with Crippen LogP contribution in [0.4, 0.5) is 0 Å². The van der Waals surface area contributed by atoms with E-state index < -0.39 is 47.9 Å². The second kappa shape index (κ2) is 13.7. The number of nitrogens with one attached hydrogen (secondary N) is 4. The third-order valence-corrected chi connectivity index (χ3v) is 6.15. The van der Waals surface area contributed by atoms with Crippen LogP contribution in [0.2, 0.25) is 0 Å². The standard InChI is InChI=1S/C23H40N6O5/c1-7-13(5)18(28-20(30)16(24)9-15-10-25-11-26-15)22(32)27-17(12(3)4)21(31)29-19(23(33)34)14(6)8-2/h10-14,16-19H,7-9,24H2,1-6H3,(H,25,26)(H,27,32)(H,28,30)(H,29,31)(H,33,34). The van der Waals surface area contributed by atoms with Crippen molar-refractivity contribution in [3.8, 4) is 0 Å². The molecule has 1 aromatic rings. The van der Waals surface area contributed by atoms with Gasteiger partial charge in [-0.2, -0.15) is 0 Å². The van der Waals surface area contributed by atoms with Crippen LogP contribution >= 0.6 is 0 Å². The second-order valence-corrected chi connectivity index (χ2v) is 9.20. The van der Waals surface area contributed by atoms with E-state index in [4.69, 9.17) is 5.73 Å². The fraction of sp³-hybridized carbons (Fsp3) is 0.696. The maximum absolute atomic E-state index is 13.2. The van der Waals surface area contributed by atoms with Crippen LogP contribution in [0.3, 0.4) is 0 Å². The zero-order chi connectivity index (χ0) is 26.0. The number of carbonyl (C=O) groups is 4. The van der Waals surface area contributed by atoms with E-state index in [0.29, 0.717) is 18.5 Å². The summed E-state index contributed by atoms with van der Waals surface area (Å²) in [5, 5.41) is 17.5. The predicted octanol–water partition coefficient (Wildman–Crippen LogP) is 0.567. The summed E-state index contributed by atoms with van der Waals surface area (Å²) in [5.41, 5.74) is 6.70. The zero-order valence-corrected chi connectivity index (χ0v) is 20.9. The van der Waals surface area contributed by atoms with Gasteiger partial charge in [0.25, 0.3) is 0 Å². The van der Waals surface area contributed by atoms with Gasteiger partial charge in [-0.1, -0.05) is 54.4 Å². The number of nitrogens with zero attached hydrogens (tertiary/aromatic N) is 1. The lowest BCUT2D eigenvalue weighted by Crippen LogP contribution is -2.60. The lowest BCUT2D eigenvalue weighted by Gasteiger charge is -2.30. The number of imidazole rings is 1. The molecule has 0 saturated heterocycles. The molecule has 1 heterocycles. The van der Waals surface area contributed by atoms with Crippen molar-refractivity contribution in [3.63, 3.8) is 0 Å². The number of nitrogens with two attached hydrogens (primary N) is 1.